The quantitative estimate of drug-likeness (QED) is 0.151. The Balaban J connectivity index is 0.000000241. The minimum absolute atomic E-state index is 0.156. The van der Waals surface area contributed by atoms with Crippen LogP contribution in [0.1, 0.15) is 34.7 Å². The number of halogens is 2. The van der Waals surface area contributed by atoms with Crippen LogP contribution in [0, 0.1) is 13.8 Å². The third-order valence-corrected chi connectivity index (χ3v) is 11.9. The molecule has 0 aliphatic carbocycles. The van der Waals surface area contributed by atoms with Crippen LogP contribution >= 0.6 is 45.9 Å². The normalized spacial score (nSPS) is 11.7. The van der Waals surface area contributed by atoms with Crippen LogP contribution in [0.4, 0.5) is 10.3 Å². The standard InChI is InChI=1S/C15H19ClN2O3S2.C13H15ClN2O3S2/c1-10(2)21-8-7-12-9-17-15(22-12)18-23(19,20)14-6-4-5-13(16)11(14)3;1-9-11(14)4-3-5-12(9)21(17,18)16-13-15-8-10(20-13)6-7-19-2/h4-6,9-10H,7-8H2,1-3H3,(H,17,18);3-5,8H,6-7H2,1-2H3,(H,15,16). The van der Waals surface area contributed by atoms with E-state index in [1.807, 2.05) is 13.8 Å². The Morgan fingerprint density at radius 1 is 0.773 bits per heavy atom. The first kappa shape index (κ1) is 36.2. The topological polar surface area (TPSA) is 137 Å². The third-order valence-electron chi connectivity index (χ3n) is 5.92. The van der Waals surface area contributed by atoms with Crippen molar-refractivity contribution >= 4 is 76.2 Å². The van der Waals surface area contributed by atoms with Crippen LogP contribution in [0.15, 0.2) is 58.6 Å². The van der Waals surface area contributed by atoms with Gasteiger partial charge in [-0.2, -0.15) is 0 Å². The molecule has 4 aromatic rings. The van der Waals surface area contributed by atoms with E-state index in [0.29, 0.717) is 57.5 Å². The first-order valence-electron chi connectivity index (χ1n) is 13.3. The molecule has 0 atom stereocenters. The van der Waals surface area contributed by atoms with Crippen molar-refractivity contribution in [3.05, 3.63) is 79.7 Å². The van der Waals surface area contributed by atoms with E-state index in [2.05, 4.69) is 19.4 Å². The highest BCUT2D eigenvalue weighted by Crippen LogP contribution is 2.28. The minimum atomic E-state index is -3.70. The van der Waals surface area contributed by atoms with Crippen LogP contribution in [0.25, 0.3) is 0 Å². The molecule has 16 heteroatoms. The van der Waals surface area contributed by atoms with Gasteiger partial charge in [-0.05, 0) is 63.1 Å². The molecule has 0 saturated carbocycles. The van der Waals surface area contributed by atoms with E-state index in [4.69, 9.17) is 32.7 Å². The zero-order valence-corrected chi connectivity index (χ0v) is 29.5. The molecule has 0 bridgehead atoms. The maximum absolute atomic E-state index is 12.5. The fourth-order valence-corrected chi connectivity index (χ4v) is 8.70. The number of nitrogens with one attached hydrogen (secondary N) is 2. The molecule has 240 valence electrons. The number of ether oxygens (including phenoxy) is 2. The molecule has 44 heavy (non-hydrogen) atoms. The van der Waals surface area contributed by atoms with E-state index in [-0.39, 0.29) is 15.9 Å². The van der Waals surface area contributed by atoms with Gasteiger partial charge < -0.3 is 9.47 Å². The fraction of sp³-hybridized carbons (Fsp3) is 0.357. The van der Waals surface area contributed by atoms with Gasteiger partial charge in [0.05, 0.1) is 29.1 Å². The SMILES string of the molecule is COCCc1cnc(NS(=O)(=O)c2cccc(Cl)c2C)s1.Cc1c(Cl)cccc1S(=O)(=O)Nc1ncc(CCOC(C)C)s1. The fourth-order valence-electron chi connectivity index (χ4n) is 3.64. The van der Waals surface area contributed by atoms with Crippen molar-refractivity contribution in [2.24, 2.45) is 0 Å². The summed E-state index contributed by atoms with van der Waals surface area (Å²) >= 11 is 14.5. The van der Waals surface area contributed by atoms with Gasteiger partial charge in [0.25, 0.3) is 20.0 Å². The van der Waals surface area contributed by atoms with Crippen molar-refractivity contribution < 1.29 is 26.3 Å². The van der Waals surface area contributed by atoms with Gasteiger partial charge in [-0.3, -0.25) is 9.44 Å². The van der Waals surface area contributed by atoms with E-state index < -0.39 is 20.0 Å². The van der Waals surface area contributed by atoms with Crippen LogP contribution in [-0.4, -0.2) is 53.2 Å². The molecular weight excluding hydrogens is 688 g/mol. The number of thiazole rings is 2. The van der Waals surface area contributed by atoms with Gasteiger partial charge in [0.2, 0.25) is 0 Å². The molecule has 0 saturated heterocycles. The van der Waals surface area contributed by atoms with Crippen LogP contribution < -0.4 is 9.44 Å². The van der Waals surface area contributed by atoms with Crippen molar-refractivity contribution in [3.63, 3.8) is 0 Å². The molecule has 0 aliphatic rings. The average molecular weight is 722 g/mol. The van der Waals surface area contributed by atoms with Crippen molar-refractivity contribution in [3.8, 4) is 0 Å². The number of benzene rings is 2. The summed E-state index contributed by atoms with van der Waals surface area (Å²) in [6, 6.07) is 9.57. The Labute approximate surface area is 276 Å². The van der Waals surface area contributed by atoms with Crippen LogP contribution in [-0.2, 0) is 42.4 Å². The first-order valence-corrected chi connectivity index (χ1v) is 18.6. The summed E-state index contributed by atoms with van der Waals surface area (Å²) in [4.78, 5) is 10.4. The van der Waals surface area contributed by atoms with Gasteiger partial charge in [-0.15, -0.1) is 22.7 Å². The molecule has 4 rings (SSSR count). The molecule has 10 nitrogen and oxygen atoms in total. The molecular formula is C28H34Cl2N4O6S4. The van der Waals surface area contributed by atoms with E-state index in [1.54, 1.807) is 57.6 Å². The molecule has 0 amide bonds. The molecule has 0 unspecified atom stereocenters. The van der Waals surface area contributed by atoms with Crippen molar-refractivity contribution in [2.45, 2.75) is 56.4 Å². The first-order chi connectivity index (χ1) is 20.7. The summed E-state index contributed by atoms with van der Waals surface area (Å²) in [5.74, 6) is 0. The van der Waals surface area contributed by atoms with Crippen molar-refractivity contribution in [2.75, 3.05) is 29.8 Å². The largest absolute Gasteiger partial charge is 0.384 e. The number of rotatable bonds is 13. The lowest BCUT2D eigenvalue weighted by molar-refractivity contribution is 0.0817. The summed E-state index contributed by atoms with van der Waals surface area (Å²) in [5, 5.41) is 1.50. The second kappa shape index (κ2) is 16.3. The van der Waals surface area contributed by atoms with E-state index in [1.165, 1.54) is 34.8 Å². The number of methoxy groups -OCH3 is 1. The lowest BCUT2D eigenvalue weighted by Gasteiger charge is -2.09. The predicted molar refractivity (Wildman–Crippen MR) is 179 cm³/mol. The molecule has 2 aromatic heterocycles. The summed E-state index contributed by atoms with van der Waals surface area (Å²) in [7, 11) is -5.78. The van der Waals surface area contributed by atoms with Gasteiger partial charge in [-0.1, -0.05) is 35.3 Å². The summed E-state index contributed by atoms with van der Waals surface area (Å²) < 4.78 is 65.1. The molecule has 0 radical (unpaired) electrons. The second-order valence-corrected chi connectivity index (χ2v) is 16.0. The summed E-state index contributed by atoms with van der Waals surface area (Å²) in [6.45, 7) is 8.44. The Hall–Kier alpha value is -2.30. The van der Waals surface area contributed by atoms with E-state index in [9.17, 15) is 16.8 Å². The minimum Gasteiger partial charge on any atom is -0.384 e. The average Bonchev–Trinajstić information content (AvgIpc) is 3.58. The zero-order chi connectivity index (χ0) is 32.5. The second-order valence-electron chi connectivity index (χ2n) is 9.61. The van der Waals surface area contributed by atoms with Gasteiger partial charge in [-0.25, -0.2) is 26.8 Å². The molecule has 0 aliphatic heterocycles. The van der Waals surface area contributed by atoms with Crippen molar-refractivity contribution in [1.82, 2.24) is 9.97 Å². The number of hydrogen-bond donors (Lipinski definition) is 2. The molecule has 2 heterocycles. The molecule has 0 spiro atoms. The van der Waals surface area contributed by atoms with Crippen LogP contribution in [0.2, 0.25) is 10.0 Å². The maximum Gasteiger partial charge on any atom is 0.263 e. The van der Waals surface area contributed by atoms with Gasteiger partial charge in [0, 0.05) is 52.1 Å². The zero-order valence-electron chi connectivity index (χ0n) is 24.8. The Morgan fingerprint density at radius 3 is 1.61 bits per heavy atom. The smallest absolute Gasteiger partial charge is 0.263 e. The summed E-state index contributed by atoms with van der Waals surface area (Å²) in [6.07, 6.45) is 4.88. The highest BCUT2D eigenvalue weighted by atomic mass is 35.5. The van der Waals surface area contributed by atoms with Crippen LogP contribution in [0.5, 0.6) is 0 Å². The molecule has 2 N–H and O–H groups in total. The van der Waals surface area contributed by atoms with Crippen LogP contribution in [0.3, 0.4) is 0 Å². The number of sulfonamides is 2. The van der Waals surface area contributed by atoms with Crippen molar-refractivity contribution in [1.29, 1.82) is 0 Å². The van der Waals surface area contributed by atoms with Gasteiger partial charge in [0.15, 0.2) is 10.3 Å². The summed E-state index contributed by atoms with van der Waals surface area (Å²) in [5.41, 5.74) is 1.03. The third kappa shape index (κ3) is 10.4. The Bertz CT molecular complexity index is 1760. The van der Waals surface area contributed by atoms with E-state index in [0.717, 1.165) is 9.75 Å². The van der Waals surface area contributed by atoms with Gasteiger partial charge >= 0.3 is 0 Å². The number of anilines is 2. The lowest BCUT2D eigenvalue weighted by atomic mass is 10.2. The Morgan fingerprint density at radius 2 is 1.20 bits per heavy atom. The van der Waals surface area contributed by atoms with Gasteiger partial charge in [0.1, 0.15) is 0 Å². The predicted octanol–water partition coefficient (Wildman–Crippen LogP) is 6.97. The number of hydrogen-bond acceptors (Lipinski definition) is 10. The molecule has 0 fully saturated rings. The monoisotopic (exact) mass is 720 g/mol. The molecule has 2 aromatic carbocycles. The maximum atomic E-state index is 12.5. The Kier molecular flexibility index (Phi) is 13.4. The van der Waals surface area contributed by atoms with E-state index >= 15 is 0 Å². The number of aromatic nitrogens is 2. The highest BCUT2D eigenvalue weighted by Gasteiger charge is 2.21. The lowest BCUT2D eigenvalue weighted by Crippen LogP contribution is -2.14. The number of nitrogens with zero attached hydrogens (tertiary/aromatic N) is 2. The highest BCUT2D eigenvalue weighted by molar-refractivity contribution is 7.93.